The van der Waals surface area contributed by atoms with Crippen molar-refractivity contribution in [2.45, 2.75) is 25.7 Å². The van der Waals surface area contributed by atoms with Gasteiger partial charge in [0.1, 0.15) is 5.69 Å². The SMILES string of the molecule is CN1CC[C@@H](C(C)(C)c2ccnc(-n3ccc(C(N)=O)n3)c2)C1=O. The van der Waals surface area contributed by atoms with E-state index in [1.165, 1.54) is 4.68 Å². The molecule has 126 valence electrons. The van der Waals surface area contributed by atoms with Gasteiger partial charge in [0.25, 0.3) is 5.91 Å². The topological polar surface area (TPSA) is 94.1 Å². The van der Waals surface area contributed by atoms with Crippen molar-refractivity contribution >= 4 is 11.8 Å². The van der Waals surface area contributed by atoms with E-state index in [1.807, 2.05) is 19.2 Å². The van der Waals surface area contributed by atoms with Crippen molar-refractivity contribution in [3.63, 3.8) is 0 Å². The van der Waals surface area contributed by atoms with E-state index < -0.39 is 5.91 Å². The molecule has 0 aromatic carbocycles. The van der Waals surface area contributed by atoms with Crippen molar-refractivity contribution in [1.29, 1.82) is 0 Å². The second kappa shape index (κ2) is 5.74. The molecule has 1 saturated heterocycles. The third-order valence-electron chi connectivity index (χ3n) is 4.86. The van der Waals surface area contributed by atoms with Gasteiger partial charge in [-0.1, -0.05) is 13.8 Å². The molecule has 2 aromatic heterocycles. The van der Waals surface area contributed by atoms with Crippen LogP contribution in [-0.4, -0.2) is 45.1 Å². The number of carbonyl (C=O) groups excluding carboxylic acids is 2. The van der Waals surface area contributed by atoms with Gasteiger partial charge in [0.15, 0.2) is 5.82 Å². The highest BCUT2D eigenvalue weighted by Gasteiger charge is 2.41. The number of hydrogen-bond acceptors (Lipinski definition) is 4. The Balaban J connectivity index is 1.94. The Labute approximate surface area is 140 Å². The number of aromatic nitrogens is 3. The maximum atomic E-state index is 12.4. The van der Waals surface area contributed by atoms with E-state index in [1.54, 1.807) is 23.4 Å². The summed E-state index contributed by atoms with van der Waals surface area (Å²) in [6, 6.07) is 5.38. The highest BCUT2D eigenvalue weighted by molar-refractivity contribution is 5.90. The largest absolute Gasteiger partial charge is 0.364 e. The number of likely N-dealkylation sites (tertiary alicyclic amines) is 1. The van der Waals surface area contributed by atoms with Crippen LogP contribution in [-0.2, 0) is 10.2 Å². The molecule has 0 spiro atoms. The molecule has 0 bridgehead atoms. The summed E-state index contributed by atoms with van der Waals surface area (Å²) in [7, 11) is 1.84. The van der Waals surface area contributed by atoms with Gasteiger partial charge in [-0.2, -0.15) is 5.10 Å². The smallest absolute Gasteiger partial charge is 0.269 e. The van der Waals surface area contributed by atoms with Gasteiger partial charge in [0.05, 0.1) is 0 Å². The molecule has 0 saturated carbocycles. The normalized spacial score (nSPS) is 18.2. The van der Waals surface area contributed by atoms with Gasteiger partial charge in [-0.3, -0.25) is 9.59 Å². The van der Waals surface area contributed by atoms with Gasteiger partial charge < -0.3 is 10.6 Å². The lowest BCUT2D eigenvalue weighted by molar-refractivity contribution is -0.131. The van der Waals surface area contributed by atoms with Crippen LogP contribution in [0.3, 0.4) is 0 Å². The summed E-state index contributed by atoms with van der Waals surface area (Å²) in [5.41, 5.74) is 6.12. The standard InChI is InChI=1S/C17H21N5O2/c1-17(2,12-5-8-21(3)16(12)24)11-4-7-19-14(10-11)22-9-6-13(20-22)15(18)23/h4,6-7,9-10,12H,5,8H2,1-3H3,(H2,18,23)/t12-/m1/s1. The first-order valence-electron chi connectivity index (χ1n) is 7.88. The zero-order valence-electron chi connectivity index (χ0n) is 14.1. The second-order valence-corrected chi connectivity index (χ2v) is 6.74. The number of hydrogen-bond donors (Lipinski definition) is 1. The van der Waals surface area contributed by atoms with Crippen molar-refractivity contribution in [2.24, 2.45) is 11.7 Å². The van der Waals surface area contributed by atoms with Crippen molar-refractivity contribution in [1.82, 2.24) is 19.7 Å². The molecule has 24 heavy (non-hydrogen) atoms. The molecule has 3 rings (SSSR count). The Hall–Kier alpha value is -2.70. The summed E-state index contributed by atoms with van der Waals surface area (Å²) < 4.78 is 1.52. The van der Waals surface area contributed by atoms with Gasteiger partial charge in [0.2, 0.25) is 5.91 Å². The summed E-state index contributed by atoms with van der Waals surface area (Å²) >= 11 is 0. The first kappa shape index (κ1) is 16.2. The van der Waals surface area contributed by atoms with Crippen LogP contribution in [0.1, 0.15) is 36.3 Å². The molecule has 1 fully saturated rings. The molecule has 0 unspecified atom stereocenters. The predicted molar refractivity (Wildman–Crippen MR) is 88.6 cm³/mol. The van der Waals surface area contributed by atoms with E-state index in [2.05, 4.69) is 23.9 Å². The number of nitrogens with zero attached hydrogens (tertiary/aromatic N) is 4. The maximum Gasteiger partial charge on any atom is 0.269 e. The van der Waals surface area contributed by atoms with E-state index in [4.69, 9.17) is 5.73 Å². The monoisotopic (exact) mass is 327 g/mol. The summed E-state index contributed by atoms with van der Waals surface area (Å²) in [5, 5.41) is 4.13. The molecule has 2 N–H and O–H groups in total. The van der Waals surface area contributed by atoms with Gasteiger partial charge in [-0.25, -0.2) is 9.67 Å². The number of rotatable bonds is 4. The van der Waals surface area contributed by atoms with Crippen LogP contribution in [0.15, 0.2) is 30.6 Å². The van der Waals surface area contributed by atoms with Crippen LogP contribution >= 0.6 is 0 Å². The van der Waals surface area contributed by atoms with E-state index in [-0.39, 0.29) is 22.9 Å². The number of pyridine rings is 1. The fourth-order valence-corrected chi connectivity index (χ4v) is 3.22. The van der Waals surface area contributed by atoms with Crippen LogP contribution in [0.4, 0.5) is 0 Å². The molecule has 0 aliphatic carbocycles. The average molecular weight is 327 g/mol. The molecular formula is C17H21N5O2. The predicted octanol–water partition coefficient (Wildman–Crippen LogP) is 1.12. The van der Waals surface area contributed by atoms with Crippen LogP contribution in [0.5, 0.6) is 0 Å². The minimum atomic E-state index is -0.579. The third-order valence-corrected chi connectivity index (χ3v) is 4.86. The van der Waals surface area contributed by atoms with Gasteiger partial charge in [-0.15, -0.1) is 0 Å². The Kier molecular flexibility index (Phi) is 3.87. The minimum Gasteiger partial charge on any atom is -0.364 e. The van der Waals surface area contributed by atoms with Crippen LogP contribution < -0.4 is 5.73 Å². The van der Waals surface area contributed by atoms with Gasteiger partial charge in [-0.05, 0) is 30.2 Å². The average Bonchev–Trinajstić information content (AvgIpc) is 3.16. The Bertz CT molecular complexity index is 796. The van der Waals surface area contributed by atoms with Crippen molar-refractivity contribution in [2.75, 3.05) is 13.6 Å². The Morgan fingerprint density at radius 2 is 2.12 bits per heavy atom. The van der Waals surface area contributed by atoms with Crippen LogP contribution in [0, 0.1) is 5.92 Å². The molecular weight excluding hydrogens is 306 g/mol. The van der Waals surface area contributed by atoms with Crippen LogP contribution in [0.25, 0.3) is 5.82 Å². The minimum absolute atomic E-state index is 0.0587. The number of primary amides is 1. The number of nitrogens with two attached hydrogens (primary N) is 1. The molecule has 3 heterocycles. The zero-order valence-corrected chi connectivity index (χ0v) is 14.1. The molecule has 2 amide bonds. The molecule has 0 radical (unpaired) electrons. The summed E-state index contributed by atoms with van der Waals surface area (Å²) in [4.78, 5) is 29.7. The first-order chi connectivity index (χ1) is 11.3. The highest BCUT2D eigenvalue weighted by atomic mass is 16.2. The summed E-state index contributed by atoms with van der Waals surface area (Å²) in [6.07, 6.45) is 4.18. The fraction of sp³-hybridized carbons (Fsp3) is 0.412. The summed E-state index contributed by atoms with van der Waals surface area (Å²) in [6.45, 7) is 4.93. The van der Waals surface area contributed by atoms with E-state index in [9.17, 15) is 9.59 Å². The third kappa shape index (κ3) is 2.66. The Morgan fingerprint density at radius 3 is 2.71 bits per heavy atom. The van der Waals surface area contributed by atoms with Gasteiger partial charge >= 0.3 is 0 Å². The Morgan fingerprint density at radius 1 is 1.38 bits per heavy atom. The quantitative estimate of drug-likeness (QED) is 0.910. The number of carbonyl (C=O) groups is 2. The van der Waals surface area contributed by atoms with Gasteiger partial charge in [0, 0.05) is 37.3 Å². The van der Waals surface area contributed by atoms with Crippen LogP contribution in [0.2, 0.25) is 0 Å². The molecule has 2 aromatic rings. The van der Waals surface area contributed by atoms with E-state index in [0.717, 1.165) is 18.5 Å². The molecule has 7 nitrogen and oxygen atoms in total. The lowest BCUT2D eigenvalue weighted by Gasteiger charge is -2.31. The molecule has 1 aliphatic heterocycles. The fourth-order valence-electron chi connectivity index (χ4n) is 3.22. The maximum absolute atomic E-state index is 12.4. The van der Waals surface area contributed by atoms with Crippen molar-refractivity contribution in [3.05, 3.63) is 41.9 Å². The van der Waals surface area contributed by atoms with E-state index in [0.29, 0.717) is 5.82 Å². The summed E-state index contributed by atoms with van der Waals surface area (Å²) in [5.74, 6) is 0.127. The number of amides is 2. The molecule has 1 atom stereocenters. The lowest BCUT2D eigenvalue weighted by atomic mass is 9.73. The first-order valence-corrected chi connectivity index (χ1v) is 7.88. The zero-order chi connectivity index (χ0) is 17.5. The molecule has 1 aliphatic rings. The van der Waals surface area contributed by atoms with E-state index >= 15 is 0 Å². The van der Waals surface area contributed by atoms with Crippen molar-refractivity contribution < 1.29 is 9.59 Å². The molecule has 7 heteroatoms. The van der Waals surface area contributed by atoms with Crippen molar-refractivity contribution in [3.8, 4) is 5.82 Å². The lowest BCUT2D eigenvalue weighted by Crippen LogP contribution is -2.35. The second-order valence-electron chi connectivity index (χ2n) is 6.74. The highest BCUT2D eigenvalue weighted by Crippen LogP contribution is 2.38.